The molecule has 1 heterocycles. The van der Waals surface area contributed by atoms with Crippen LogP contribution in [0.4, 0.5) is 0 Å². The monoisotopic (exact) mass is 129 g/mol. The summed E-state index contributed by atoms with van der Waals surface area (Å²) in [5.41, 5.74) is 0. The summed E-state index contributed by atoms with van der Waals surface area (Å²) in [7, 11) is 0. The van der Waals surface area contributed by atoms with Crippen molar-refractivity contribution in [2.24, 2.45) is 0 Å². The van der Waals surface area contributed by atoms with Crippen molar-refractivity contribution < 1.29 is 4.74 Å². The Bertz CT molecular complexity index is 85.0. The maximum atomic E-state index is 5.57. The van der Waals surface area contributed by atoms with Crippen LogP contribution in [0.25, 0.3) is 0 Å². The molecule has 2 atom stereocenters. The molecule has 0 aromatic carbocycles. The molecule has 0 unspecified atom stereocenters. The Kier molecular flexibility index (Phi) is 2.49. The van der Waals surface area contributed by atoms with Gasteiger partial charge in [-0.25, -0.2) is 0 Å². The highest BCUT2D eigenvalue weighted by molar-refractivity contribution is 4.69. The number of nitrogens with one attached hydrogen (secondary N) is 1. The molecule has 2 heteroatoms. The summed E-state index contributed by atoms with van der Waals surface area (Å²) in [6, 6.07) is 0. The molecule has 1 aliphatic heterocycles. The largest absolute Gasteiger partial charge is 0.373 e. The summed E-state index contributed by atoms with van der Waals surface area (Å²) in [6.45, 7) is 6.30. The van der Waals surface area contributed by atoms with Crippen molar-refractivity contribution >= 4 is 0 Å². The number of morpholine rings is 1. The van der Waals surface area contributed by atoms with Crippen LogP contribution in [0.1, 0.15) is 20.3 Å². The van der Waals surface area contributed by atoms with Crippen molar-refractivity contribution in [2.75, 3.05) is 13.1 Å². The molecule has 1 rings (SSSR count). The van der Waals surface area contributed by atoms with E-state index in [1.807, 2.05) is 0 Å². The predicted molar refractivity (Wildman–Crippen MR) is 37.5 cm³/mol. The molecule has 0 aromatic heterocycles. The molecule has 1 saturated heterocycles. The van der Waals surface area contributed by atoms with Gasteiger partial charge < -0.3 is 10.1 Å². The fraction of sp³-hybridized carbons (Fsp3) is 1.00. The highest BCUT2D eigenvalue weighted by Crippen LogP contribution is 2.05. The molecule has 54 valence electrons. The van der Waals surface area contributed by atoms with Crippen molar-refractivity contribution in [1.29, 1.82) is 0 Å². The van der Waals surface area contributed by atoms with Gasteiger partial charge in [-0.1, -0.05) is 6.92 Å². The van der Waals surface area contributed by atoms with Gasteiger partial charge in [-0.15, -0.1) is 0 Å². The molecule has 1 aliphatic rings. The molecule has 0 saturated carbocycles. The topological polar surface area (TPSA) is 21.3 Å². The van der Waals surface area contributed by atoms with Gasteiger partial charge in [0.1, 0.15) is 0 Å². The highest BCUT2D eigenvalue weighted by atomic mass is 16.5. The van der Waals surface area contributed by atoms with E-state index in [4.69, 9.17) is 4.74 Å². The molecular formula is C7H15NO. The first-order chi connectivity index (χ1) is 4.33. The molecule has 0 amide bonds. The summed E-state index contributed by atoms with van der Waals surface area (Å²) in [6.07, 6.45) is 1.98. The quantitative estimate of drug-likeness (QED) is 0.564. The Hall–Kier alpha value is -0.0800. The van der Waals surface area contributed by atoms with E-state index in [1.165, 1.54) is 0 Å². The molecule has 1 N–H and O–H groups in total. The fourth-order valence-electron chi connectivity index (χ4n) is 1.11. The van der Waals surface area contributed by atoms with E-state index in [0.29, 0.717) is 12.2 Å². The highest BCUT2D eigenvalue weighted by Gasteiger charge is 2.15. The summed E-state index contributed by atoms with van der Waals surface area (Å²) >= 11 is 0. The van der Waals surface area contributed by atoms with Crippen LogP contribution < -0.4 is 5.32 Å². The molecule has 0 aliphatic carbocycles. The van der Waals surface area contributed by atoms with Crippen LogP contribution >= 0.6 is 0 Å². The zero-order chi connectivity index (χ0) is 6.69. The predicted octanol–water partition coefficient (Wildman–Crippen LogP) is 0.773. The van der Waals surface area contributed by atoms with Crippen molar-refractivity contribution in [1.82, 2.24) is 5.32 Å². The van der Waals surface area contributed by atoms with E-state index in [1.54, 1.807) is 0 Å². The van der Waals surface area contributed by atoms with Gasteiger partial charge in [0, 0.05) is 13.1 Å². The van der Waals surface area contributed by atoms with Gasteiger partial charge in [-0.2, -0.15) is 0 Å². The van der Waals surface area contributed by atoms with Gasteiger partial charge in [0.15, 0.2) is 0 Å². The Morgan fingerprint density at radius 1 is 1.56 bits per heavy atom. The number of ether oxygens (including phenoxy) is 1. The molecule has 0 radical (unpaired) electrons. The first-order valence-corrected chi connectivity index (χ1v) is 3.69. The van der Waals surface area contributed by atoms with E-state index in [0.717, 1.165) is 19.5 Å². The second-order valence-corrected chi connectivity index (χ2v) is 2.64. The van der Waals surface area contributed by atoms with Gasteiger partial charge in [0.25, 0.3) is 0 Å². The lowest BCUT2D eigenvalue weighted by Crippen LogP contribution is -2.42. The van der Waals surface area contributed by atoms with Gasteiger partial charge in [0.05, 0.1) is 12.2 Å². The Labute approximate surface area is 56.6 Å². The summed E-state index contributed by atoms with van der Waals surface area (Å²) in [5.74, 6) is 0. The standard InChI is InChI=1S/C7H15NO/c1-3-7-5-8-4-6(2)9-7/h6-8H,3-5H2,1-2H3/t6-,7+/m0/s1. The average molecular weight is 129 g/mol. The minimum absolute atomic E-state index is 0.406. The van der Waals surface area contributed by atoms with Gasteiger partial charge in [-0.3, -0.25) is 0 Å². The first kappa shape index (κ1) is 7.03. The smallest absolute Gasteiger partial charge is 0.0701 e. The van der Waals surface area contributed by atoms with Crippen LogP contribution in [0.2, 0.25) is 0 Å². The Morgan fingerprint density at radius 3 is 2.78 bits per heavy atom. The number of rotatable bonds is 1. The number of hydrogen-bond donors (Lipinski definition) is 1. The molecule has 2 nitrogen and oxygen atoms in total. The molecule has 1 fully saturated rings. The normalized spacial score (nSPS) is 36.7. The second-order valence-electron chi connectivity index (χ2n) is 2.64. The SMILES string of the molecule is CC[C@@H]1CNC[C@H](C)O1. The molecule has 0 aromatic rings. The Balaban J connectivity index is 2.23. The molecule has 0 bridgehead atoms. The summed E-state index contributed by atoms with van der Waals surface area (Å²) < 4.78 is 5.57. The minimum atomic E-state index is 0.406. The van der Waals surface area contributed by atoms with E-state index < -0.39 is 0 Å². The fourth-order valence-corrected chi connectivity index (χ4v) is 1.11. The third kappa shape index (κ3) is 1.95. The summed E-state index contributed by atoms with van der Waals surface area (Å²) in [5, 5.41) is 3.31. The lowest BCUT2D eigenvalue weighted by Gasteiger charge is -2.27. The zero-order valence-electron chi connectivity index (χ0n) is 6.18. The minimum Gasteiger partial charge on any atom is -0.373 e. The molecular weight excluding hydrogens is 114 g/mol. The maximum absolute atomic E-state index is 5.57. The van der Waals surface area contributed by atoms with Gasteiger partial charge in [0.2, 0.25) is 0 Å². The van der Waals surface area contributed by atoms with Crippen LogP contribution in [0, 0.1) is 0 Å². The Morgan fingerprint density at radius 2 is 2.33 bits per heavy atom. The average Bonchev–Trinajstić information content (AvgIpc) is 1.88. The van der Waals surface area contributed by atoms with Crippen molar-refractivity contribution in [3.63, 3.8) is 0 Å². The van der Waals surface area contributed by atoms with Crippen molar-refractivity contribution in [3.8, 4) is 0 Å². The lowest BCUT2D eigenvalue weighted by molar-refractivity contribution is -0.0283. The van der Waals surface area contributed by atoms with Crippen LogP contribution in [-0.2, 0) is 4.74 Å². The van der Waals surface area contributed by atoms with E-state index >= 15 is 0 Å². The first-order valence-electron chi connectivity index (χ1n) is 3.69. The third-order valence-corrected chi connectivity index (χ3v) is 1.68. The molecule has 9 heavy (non-hydrogen) atoms. The van der Waals surface area contributed by atoms with Crippen LogP contribution in [0.15, 0.2) is 0 Å². The third-order valence-electron chi connectivity index (χ3n) is 1.68. The van der Waals surface area contributed by atoms with E-state index in [-0.39, 0.29) is 0 Å². The second kappa shape index (κ2) is 3.18. The van der Waals surface area contributed by atoms with Crippen molar-refractivity contribution in [3.05, 3.63) is 0 Å². The van der Waals surface area contributed by atoms with Crippen LogP contribution in [-0.4, -0.2) is 25.3 Å². The zero-order valence-corrected chi connectivity index (χ0v) is 6.18. The van der Waals surface area contributed by atoms with Gasteiger partial charge in [-0.05, 0) is 13.3 Å². The lowest BCUT2D eigenvalue weighted by atomic mass is 10.2. The number of hydrogen-bond acceptors (Lipinski definition) is 2. The van der Waals surface area contributed by atoms with E-state index in [2.05, 4.69) is 19.2 Å². The maximum Gasteiger partial charge on any atom is 0.0701 e. The van der Waals surface area contributed by atoms with Crippen LogP contribution in [0.3, 0.4) is 0 Å². The van der Waals surface area contributed by atoms with E-state index in [9.17, 15) is 0 Å². The van der Waals surface area contributed by atoms with Crippen molar-refractivity contribution in [2.45, 2.75) is 32.5 Å². The van der Waals surface area contributed by atoms with Gasteiger partial charge >= 0.3 is 0 Å². The van der Waals surface area contributed by atoms with Crippen LogP contribution in [0.5, 0.6) is 0 Å². The molecule has 0 spiro atoms. The summed E-state index contributed by atoms with van der Waals surface area (Å²) in [4.78, 5) is 0.